The van der Waals surface area contributed by atoms with E-state index >= 15 is 0 Å². The van der Waals surface area contributed by atoms with Gasteiger partial charge in [-0.3, -0.25) is 0 Å². The smallest absolute Gasteiger partial charge is 0.395 e. The van der Waals surface area contributed by atoms with Gasteiger partial charge in [-0.1, -0.05) is 31.0 Å². The number of hydrogen-bond acceptors (Lipinski definition) is 3. The van der Waals surface area contributed by atoms with Crippen LogP contribution in [0.2, 0.25) is 0 Å². The first kappa shape index (κ1) is 18.9. The summed E-state index contributed by atoms with van der Waals surface area (Å²) in [4.78, 5) is 0. The van der Waals surface area contributed by atoms with Gasteiger partial charge in [-0.25, -0.2) is 0 Å². The molecule has 0 aliphatic rings. The molecule has 22 heavy (non-hydrogen) atoms. The lowest BCUT2D eigenvalue weighted by Crippen LogP contribution is -2.19. The van der Waals surface area contributed by atoms with E-state index in [1.165, 1.54) is 12.1 Å². The second kappa shape index (κ2) is 10.6. The molecule has 0 aromatic heterocycles. The molecule has 0 saturated heterocycles. The number of alkyl halides is 3. The minimum Gasteiger partial charge on any atom is -0.395 e. The van der Waals surface area contributed by atoms with Crippen molar-refractivity contribution in [2.75, 3.05) is 26.2 Å². The highest BCUT2D eigenvalue weighted by atomic mass is 19.4. The maximum atomic E-state index is 12.6. The van der Waals surface area contributed by atoms with Crippen molar-refractivity contribution in [3.05, 3.63) is 35.4 Å². The second-order valence-corrected chi connectivity index (χ2v) is 5.26. The van der Waals surface area contributed by atoms with E-state index in [0.717, 1.165) is 44.8 Å². The fourth-order valence-corrected chi connectivity index (χ4v) is 2.15. The summed E-state index contributed by atoms with van der Waals surface area (Å²) in [7, 11) is 0. The van der Waals surface area contributed by atoms with Crippen molar-refractivity contribution in [3.63, 3.8) is 0 Å². The van der Waals surface area contributed by atoms with Crippen molar-refractivity contribution >= 4 is 0 Å². The van der Waals surface area contributed by atoms with Crippen molar-refractivity contribution < 1.29 is 18.3 Å². The molecule has 0 heterocycles. The number of aliphatic hydroxyl groups is 1. The number of benzene rings is 1. The second-order valence-electron chi connectivity index (χ2n) is 5.26. The van der Waals surface area contributed by atoms with Crippen molar-refractivity contribution in [3.8, 4) is 0 Å². The third kappa shape index (κ3) is 8.36. The fraction of sp³-hybridized carbons (Fsp3) is 0.625. The van der Waals surface area contributed by atoms with Gasteiger partial charge in [-0.05, 0) is 37.6 Å². The Morgan fingerprint density at radius 3 is 2.23 bits per heavy atom. The summed E-state index contributed by atoms with van der Waals surface area (Å²) in [6.45, 7) is 2.98. The van der Waals surface area contributed by atoms with Crippen LogP contribution in [-0.2, 0) is 12.7 Å². The average molecular weight is 318 g/mol. The Bertz CT molecular complexity index is 411. The Hall–Kier alpha value is -1.11. The van der Waals surface area contributed by atoms with E-state index in [1.807, 2.05) is 0 Å². The van der Waals surface area contributed by atoms with Gasteiger partial charge in [0, 0.05) is 13.1 Å². The fourth-order valence-electron chi connectivity index (χ4n) is 2.15. The molecule has 6 heteroatoms. The molecule has 0 amide bonds. The highest BCUT2D eigenvalue weighted by molar-refractivity contribution is 5.25. The van der Waals surface area contributed by atoms with E-state index in [0.29, 0.717) is 18.7 Å². The molecule has 3 nitrogen and oxygen atoms in total. The minimum absolute atomic E-state index is 0.166. The van der Waals surface area contributed by atoms with Crippen LogP contribution >= 0.6 is 0 Å². The van der Waals surface area contributed by atoms with Crippen molar-refractivity contribution in [2.24, 2.45) is 0 Å². The van der Waals surface area contributed by atoms with Gasteiger partial charge in [0.15, 0.2) is 0 Å². The molecule has 3 N–H and O–H groups in total. The summed E-state index contributed by atoms with van der Waals surface area (Å²) in [5.41, 5.74) is 0.0604. The quantitative estimate of drug-likeness (QED) is 0.550. The Kier molecular flexibility index (Phi) is 9.11. The first-order valence-corrected chi connectivity index (χ1v) is 7.72. The molecule has 1 aromatic carbocycles. The molecule has 1 aromatic rings. The van der Waals surface area contributed by atoms with Crippen LogP contribution in [0.3, 0.4) is 0 Å². The summed E-state index contributed by atoms with van der Waals surface area (Å²) in [5.74, 6) is 0. The van der Waals surface area contributed by atoms with Crippen LogP contribution in [0.5, 0.6) is 0 Å². The van der Waals surface area contributed by atoms with Crippen LogP contribution in [0, 0.1) is 0 Å². The Labute approximate surface area is 129 Å². The number of unbranched alkanes of at least 4 members (excludes halogenated alkanes) is 3. The molecule has 0 radical (unpaired) electrons. The average Bonchev–Trinajstić information content (AvgIpc) is 2.49. The largest absolute Gasteiger partial charge is 0.416 e. The monoisotopic (exact) mass is 318 g/mol. The number of halogens is 3. The zero-order valence-electron chi connectivity index (χ0n) is 12.8. The summed E-state index contributed by atoms with van der Waals surface area (Å²) >= 11 is 0. The lowest BCUT2D eigenvalue weighted by molar-refractivity contribution is -0.137. The lowest BCUT2D eigenvalue weighted by atomic mass is 10.1. The van der Waals surface area contributed by atoms with Gasteiger partial charge < -0.3 is 15.7 Å². The van der Waals surface area contributed by atoms with E-state index in [2.05, 4.69) is 10.6 Å². The molecule has 0 bridgehead atoms. The first-order chi connectivity index (χ1) is 10.5. The molecule has 0 saturated carbocycles. The molecule has 1 rings (SSSR count). The molecular weight excluding hydrogens is 293 g/mol. The molecular formula is C16H25F3N2O. The van der Waals surface area contributed by atoms with E-state index in [9.17, 15) is 13.2 Å². The molecule has 0 aliphatic carbocycles. The van der Waals surface area contributed by atoms with Gasteiger partial charge in [0.1, 0.15) is 0 Å². The summed E-state index contributed by atoms with van der Waals surface area (Å²) in [6, 6.07) is 5.43. The minimum atomic E-state index is -4.28. The number of rotatable bonds is 11. The predicted octanol–water partition coefficient (Wildman–Crippen LogP) is 2.94. The summed E-state index contributed by atoms with van der Waals surface area (Å²) < 4.78 is 37.7. The normalized spacial score (nSPS) is 11.8. The topological polar surface area (TPSA) is 44.3 Å². The first-order valence-electron chi connectivity index (χ1n) is 7.72. The van der Waals surface area contributed by atoms with Gasteiger partial charge in [-0.15, -0.1) is 0 Å². The van der Waals surface area contributed by atoms with Crippen LogP contribution in [-0.4, -0.2) is 31.3 Å². The van der Waals surface area contributed by atoms with Gasteiger partial charge in [0.25, 0.3) is 0 Å². The van der Waals surface area contributed by atoms with Gasteiger partial charge in [-0.2, -0.15) is 13.2 Å². The predicted molar refractivity (Wildman–Crippen MR) is 81.6 cm³/mol. The zero-order chi connectivity index (χ0) is 16.3. The van der Waals surface area contributed by atoms with Gasteiger partial charge >= 0.3 is 6.18 Å². The maximum absolute atomic E-state index is 12.6. The third-order valence-electron chi connectivity index (χ3n) is 3.33. The lowest BCUT2D eigenvalue weighted by Gasteiger charge is -2.09. The Morgan fingerprint density at radius 1 is 0.909 bits per heavy atom. The van der Waals surface area contributed by atoms with E-state index in [-0.39, 0.29) is 6.61 Å². The van der Waals surface area contributed by atoms with Crippen LogP contribution < -0.4 is 10.6 Å². The standard InChI is InChI=1S/C16H25F3N2O/c17-16(18,19)15-7-5-6-14(12-15)13-21-9-4-2-1-3-8-20-10-11-22/h5-7,12,20-22H,1-4,8-11,13H2. The van der Waals surface area contributed by atoms with E-state index in [4.69, 9.17) is 5.11 Å². The molecule has 0 aliphatic heterocycles. The van der Waals surface area contributed by atoms with Gasteiger partial charge in [0.2, 0.25) is 0 Å². The van der Waals surface area contributed by atoms with Crippen molar-refractivity contribution in [2.45, 2.75) is 38.4 Å². The Balaban J connectivity index is 2.08. The SMILES string of the molecule is OCCNCCCCCCNCc1cccc(C(F)(F)F)c1. The van der Waals surface area contributed by atoms with Crippen LogP contribution in [0.15, 0.2) is 24.3 Å². The molecule has 0 atom stereocenters. The van der Waals surface area contributed by atoms with E-state index < -0.39 is 11.7 Å². The molecule has 0 fully saturated rings. The summed E-state index contributed by atoms with van der Waals surface area (Å²) in [6.07, 6.45) is 0.0206. The van der Waals surface area contributed by atoms with Crippen LogP contribution in [0.25, 0.3) is 0 Å². The van der Waals surface area contributed by atoms with Crippen molar-refractivity contribution in [1.82, 2.24) is 10.6 Å². The Morgan fingerprint density at radius 2 is 1.59 bits per heavy atom. The number of hydrogen-bond donors (Lipinski definition) is 3. The molecule has 0 spiro atoms. The van der Waals surface area contributed by atoms with Gasteiger partial charge in [0.05, 0.1) is 12.2 Å². The summed E-state index contributed by atoms with van der Waals surface area (Å²) in [5, 5.41) is 14.9. The highest BCUT2D eigenvalue weighted by Gasteiger charge is 2.30. The zero-order valence-corrected chi connectivity index (χ0v) is 12.8. The molecule has 126 valence electrons. The highest BCUT2D eigenvalue weighted by Crippen LogP contribution is 2.29. The third-order valence-corrected chi connectivity index (χ3v) is 3.33. The van der Waals surface area contributed by atoms with Crippen LogP contribution in [0.4, 0.5) is 13.2 Å². The maximum Gasteiger partial charge on any atom is 0.416 e. The number of nitrogens with one attached hydrogen (secondary N) is 2. The van der Waals surface area contributed by atoms with Crippen LogP contribution in [0.1, 0.15) is 36.8 Å². The van der Waals surface area contributed by atoms with Crippen molar-refractivity contribution in [1.29, 1.82) is 0 Å². The van der Waals surface area contributed by atoms with E-state index in [1.54, 1.807) is 6.07 Å². The number of aliphatic hydroxyl groups excluding tert-OH is 1. The molecule has 0 unspecified atom stereocenters.